The van der Waals surface area contributed by atoms with Crippen LogP contribution in [0.1, 0.15) is 90.7 Å². The molecular weight excluding hydrogens is 1090 g/mol. The molecule has 0 spiro atoms. The Balaban J connectivity index is 2.02. The van der Waals surface area contributed by atoms with Gasteiger partial charge in [-0.15, -0.1) is 0 Å². The molecule has 0 aliphatic rings. The van der Waals surface area contributed by atoms with E-state index in [1.807, 2.05) is 18.2 Å². The van der Waals surface area contributed by atoms with Crippen LogP contribution in [0.3, 0.4) is 0 Å². The number of primary amides is 3. The Morgan fingerprint density at radius 2 is 1.27 bits per heavy atom. The monoisotopic (exact) mass is 1180 g/mol. The van der Waals surface area contributed by atoms with E-state index in [0.717, 1.165) is 15.8 Å². The predicted molar refractivity (Wildman–Crippen MR) is 312 cm³/mol. The average molecular weight is 1180 g/mol. The summed E-state index contributed by atoms with van der Waals surface area (Å²) < 4.78 is -0.812. The van der Waals surface area contributed by atoms with Crippen LogP contribution in [0.5, 0.6) is 5.75 Å². The number of guanidine groups is 2. The van der Waals surface area contributed by atoms with Crippen molar-refractivity contribution in [3.8, 4) is 5.75 Å². The molecule has 3 rings (SSSR count). The maximum Gasteiger partial charge on any atom is 0.336 e. The van der Waals surface area contributed by atoms with Crippen molar-refractivity contribution in [2.75, 3.05) is 34.2 Å². The molecule has 2 aromatic carbocycles. The van der Waals surface area contributed by atoms with Gasteiger partial charge in [-0.1, -0.05) is 51.1 Å². The number of amides is 10. The number of rotatable bonds is 34. The summed E-state index contributed by atoms with van der Waals surface area (Å²) >= 11 is 0. The van der Waals surface area contributed by atoms with Gasteiger partial charge < -0.3 is 86.8 Å². The molecule has 1 heterocycles. The van der Waals surface area contributed by atoms with Crippen LogP contribution >= 0.6 is 0 Å². The standard InChI is InChI=1S/C55H85N17O12/c1-29(2)43(69-52(84)55(5,70-46(78)30(3)25-42(57)76)27-33-28-65-36-14-10-9-13-35(33)36)48(80)68-44(31(4)73)49(81)66-37(15-11-23-63-53(59)60)47(79)67-38(21-22-41(56)75)51(83)72(7,8)40(16-12-24-64-54(61)62)50(82)71(6)39(45(58)77)26-32-17-19-34(74)20-18-32/h9-10,13-14,17-20,28-31,37-40,43-44,65,73H,11-12,15-16,21-27H2,1-8H3,(H19-,56,57,58,59,60,61,62,63,64,66,67,68,69,70,74,75,76,77,78,79,80,81,84)/p+1/t30-,31+,37-,38?,39?,40-,43-,44-,55?/m0/s1. The average Bonchev–Trinajstić information content (AvgIpc) is 1.76. The van der Waals surface area contributed by atoms with Crippen LogP contribution < -0.4 is 66.7 Å². The zero-order chi connectivity index (χ0) is 63.4. The number of aliphatic imine (C=N–C) groups is 2. The van der Waals surface area contributed by atoms with Gasteiger partial charge in [-0.2, -0.15) is 0 Å². The number of nitrogens with two attached hydrogens (primary N) is 7. The number of aromatic nitrogens is 1. The van der Waals surface area contributed by atoms with E-state index in [9.17, 15) is 53.4 Å². The summed E-state index contributed by atoms with van der Waals surface area (Å²) in [7, 11) is 4.10. The van der Waals surface area contributed by atoms with Crippen molar-refractivity contribution in [3.05, 3.63) is 65.9 Å². The number of H-pyrrole nitrogens is 1. The molecule has 0 bridgehead atoms. The number of aliphatic hydroxyl groups excluding tert-OH is 1. The van der Waals surface area contributed by atoms with Crippen molar-refractivity contribution < 1.29 is 62.6 Å². The first-order chi connectivity index (χ1) is 39.2. The van der Waals surface area contributed by atoms with Gasteiger partial charge in [-0.3, -0.25) is 57.6 Å². The van der Waals surface area contributed by atoms with Gasteiger partial charge >= 0.3 is 5.91 Å². The molecule has 10 amide bonds. The zero-order valence-corrected chi connectivity index (χ0v) is 49.0. The minimum Gasteiger partial charge on any atom is -0.508 e. The van der Waals surface area contributed by atoms with Crippen LogP contribution in [-0.2, 0) is 60.8 Å². The highest BCUT2D eigenvalue weighted by Gasteiger charge is 2.48. The number of likely N-dealkylation sites (N-methyl/N-ethyl adjacent to an activating group) is 2. The van der Waals surface area contributed by atoms with Gasteiger partial charge in [0.2, 0.25) is 47.3 Å². The minimum atomic E-state index is -1.81. The van der Waals surface area contributed by atoms with Gasteiger partial charge in [0.25, 0.3) is 5.91 Å². The maximum atomic E-state index is 15.0. The first-order valence-corrected chi connectivity index (χ1v) is 27.4. The highest BCUT2D eigenvalue weighted by atomic mass is 16.3. The SMILES string of the molecule is CC(C)[C@H](NC(=O)C(C)(Cc1c[nH]c2ccccc12)NC(=O)[C@@H](C)CC(N)=O)C(=O)N[C@H](C(=O)N[C@@H](CCCN=C(N)N)C(=O)NC(CCC(N)=O)C(=O)[N+](C)(C)[C@@H](CCCN=C(N)N)C(=O)N(C)C(Cc1ccc(O)cc1)C(N)=O)[C@@H](C)O. The van der Waals surface area contributed by atoms with Crippen molar-refractivity contribution in [1.82, 2.24) is 36.5 Å². The lowest BCUT2D eigenvalue weighted by molar-refractivity contribution is -0.832. The third-order valence-corrected chi connectivity index (χ3v) is 14.3. The van der Waals surface area contributed by atoms with Gasteiger partial charge in [-0.05, 0) is 74.8 Å². The van der Waals surface area contributed by atoms with E-state index >= 15 is 4.79 Å². The lowest BCUT2D eigenvalue weighted by Crippen LogP contribution is -2.66. The second kappa shape index (κ2) is 31.5. The molecule has 84 heavy (non-hydrogen) atoms. The summed E-state index contributed by atoms with van der Waals surface area (Å²) in [6, 6.07) is 4.15. The number of aliphatic hydroxyl groups is 1. The fourth-order valence-corrected chi connectivity index (χ4v) is 9.41. The Kier molecular flexibility index (Phi) is 26.1. The molecule has 1 aromatic heterocycles. The van der Waals surface area contributed by atoms with Crippen LogP contribution in [0.4, 0.5) is 0 Å². The number of carbonyl (C=O) groups excluding carboxylic acids is 10. The first-order valence-electron chi connectivity index (χ1n) is 27.4. The second-order valence-electron chi connectivity index (χ2n) is 22.0. The van der Waals surface area contributed by atoms with Crippen LogP contribution in [0.2, 0.25) is 0 Å². The van der Waals surface area contributed by atoms with E-state index in [1.54, 1.807) is 38.2 Å². The number of nitrogens with one attached hydrogen (secondary N) is 6. The third-order valence-electron chi connectivity index (χ3n) is 14.3. The van der Waals surface area contributed by atoms with Crippen LogP contribution in [-0.4, -0.2) is 178 Å². The van der Waals surface area contributed by atoms with E-state index in [1.165, 1.54) is 54.0 Å². The minimum absolute atomic E-state index is 0.0201. The number of hydrogen-bond acceptors (Lipinski definition) is 14. The Hall–Kier alpha value is -8.86. The number of benzene rings is 2. The van der Waals surface area contributed by atoms with Gasteiger partial charge in [0.1, 0.15) is 41.5 Å². The number of quaternary nitrogens is 1. The normalized spacial score (nSPS) is 15.0. The molecule has 0 saturated heterocycles. The van der Waals surface area contributed by atoms with E-state index in [4.69, 9.17) is 40.1 Å². The van der Waals surface area contributed by atoms with Gasteiger partial charge in [-0.25, -0.2) is 4.79 Å². The molecule has 22 N–H and O–H groups in total. The van der Waals surface area contributed by atoms with Crippen LogP contribution in [0, 0.1) is 11.8 Å². The number of aromatic amines is 1. The Morgan fingerprint density at radius 3 is 1.82 bits per heavy atom. The molecule has 462 valence electrons. The summed E-state index contributed by atoms with van der Waals surface area (Å²) in [6.07, 6.45) is -1.47. The molecule has 29 heteroatoms. The Bertz CT molecular complexity index is 2880. The third kappa shape index (κ3) is 20.5. The lowest BCUT2D eigenvalue weighted by atomic mass is 9.89. The van der Waals surface area contributed by atoms with Crippen molar-refractivity contribution in [2.24, 2.45) is 62.0 Å². The summed E-state index contributed by atoms with van der Waals surface area (Å²) in [6.45, 7) is 7.26. The molecular formula is C55H86N17O12+. The molecule has 29 nitrogen and oxygen atoms in total. The number of fused-ring (bicyclic) bond motifs is 1. The molecule has 0 aliphatic carbocycles. The fourth-order valence-electron chi connectivity index (χ4n) is 9.41. The molecule has 3 aromatic rings. The van der Waals surface area contributed by atoms with E-state index in [-0.39, 0.29) is 75.7 Å². The highest BCUT2D eigenvalue weighted by Crippen LogP contribution is 2.26. The summed E-state index contributed by atoms with van der Waals surface area (Å²) in [4.78, 5) is 150. The second-order valence-corrected chi connectivity index (χ2v) is 22.0. The zero-order valence-electron chi connectivity index (χ0n) is 49.0. The number of nitrogens with zero attached hydrogens (tertiary/aromatic N) is 4. The number of para-hydroxylation sites is 1. The van der Waals surface area contributed by atoms with E-state index < -0.39 is 136 Å². The molecule has 0 aliphatic heterocycles. The number of aromatic hydroxyl groups is 1. The predicted octanol–water partition coefficient (Wildman–Crippen LogP) is -3.32. The van der Waals surface area contributed by atoms with Gasteiger partial charge in [0.15, 0.2) is 18.0 Å². The number of hydrogen-bond donors (Lipinski definition) is 15. The topological polar surface area (TPSA) is 497 Å². The van der Waals surface area contributed by atoms with Gasteiger partial charge in [0.05, 0.1) is 20.2 Å². The fraction of sp³-hybridized carbons (Fsp3) is 0.527. The van der Waals surface area contributed by atoms with Gasteiger partial charge in [0, 0.05) is 75.3 Å². The first kappa shape index (κ1) is 69.4. The quantitative estimate of drug-likeness (QED) is 0.0120. The van der Waals surface area contributed by atoms with Crippen LogP contribution in [0.25, 0.3) is 10.9 Å². The number of phenols is 1. The van der Waals surface area contributed by atoms with E-state index in [2.05, 4.69) is 41.6 Å². The molecule has 0 radical (unpaired) electrons. The number of carbonyl (C=O) groups is 10. The molecule has 0 fully saturated rings. The van der Waals surface area contributed by atoms with Crippen LogP contribution in [0.15, 0.2) is 64.7 Å². The number of phenolic OH excluding ortho intramolecular Hbond substituents is 1. The van der Waals surface area contributed by atoms with Crippen molar-refractivity contribution in [3.63, 3.8) is 0 Å². The van der Waals surface area contributed by atoms with Crippen molar-refractivity contribution in [2.45, 2.75) is 140 Å². The Morgan fingerprint density at radius 1 is 0.702 bits per heavy atom. The Labute approximate surface area is 487 Å². The molecule has 0 saturated carbocycles. The van der Waals surface area contributed by atoms with Crippen molar-refractivity contribution >= 4 is 81.9 Å². The lowest BCUT2D eigenvalue weighted by Gasteiger charge is -2.40. The van der Waals surface area contributed by atoms with E-state index in [0.29, 0.717) is 11.1 Å². The molecule has 3 unspecified atom stereocenters. The van der Waals surface area contributed by atoms with Crippen molar-refractivity contribution in [1.29, 1.82) is 0 Å². The summed E-state index contributed by atoms with van der Waals surface area (Å²) in [5.74, 6) is -10.8. The maximum absolute atomic E-state index is 15.0. The summed E-state index contributed by atoms with van der Waals surface area (Å²) in [5, 5.41) is 34.7. The largest absolute Gasteiger partial charge is 0.508 e. The molecule has 9 atom stereocenters. The highest BCUT2D eigenvalue weighted by molar-refractivity contribution is 5.99. The summed E-state index contributed by atoms with van der Waals surface area (Å²) in [5.41, 5.74) is 39.1. The smallest absolute Gasteiger partial charge is 0.336 e.